The van der Waals surface area contributed by atoms with Gasteiger partial charge in [-0.3, -0.25) is 14.9 Å². The summed E-state index contributed by atoms with van der Waals surface area (Å²) >= 11 is 1.05. The van der Waals surface area contributed by atoms with E-state index >= 15 is 0 Å². The number of benzene rings is 2. The minimum atomic E-state index is -0.660. The van der Waals surface area contributed by atoms with Gasteiger partial charge >= 0.3 is 167 Å². The van der Waals surface area contributed by atoms with Gasteiger partial charge in [0.05, 0.1) is 0 Å². The number of rotatable bonds is 5. The number of hydrogen-bond acceptors (Lipinski definition) is 4. The second kappa shape index (κ2) is 8.73. The predicted octanol–water partition coefficient (Wildman–Crippen LogP) is 2.31. The van der Waals surface area contributed by atoms with E-state index in [-0.39, 0.29) is 30.7 Å². The zero-order valence-corrected chi connectivity index (χ0v) is 21.6. The number of aromatic nitrogens is 1. The number of aryl methyl sites for hydroxylation is 1. The average molecular weight is 637 g/mol. The second-order valence-electron chi connectivity index (χ2n) is 8.25. The summed E-state index contributed by atoms with van der Waals surface area (Å²) in [5, 5.41) is 6.33. The Bertz CT molecular complexity index is 1320. The van der Waals surface area contributed by atoms with Gasteiger partial charge in [0.1, 0.15) is 0 Å². The number of para-hydroxylation sites is 1. The fourth-order valence-electron chi connectivity index (χ4n) is 4.62. The molecule has 3 aromatic rings. The number of amides is 4. The number of imide groups is 1. The van der Waals surface area contributed by atoms with Crippen molar-refractivity contribution in [1.29, 1.82) is 0 Å². The van der Waals surface area contributed by atoms with Crippen molar-refractivity contribution in [3.63, 3.8) is 0 Å². The van der Waals surface area contributed by atoms with Crippen molar-refractivity contribution >= 4 is 66.0 Å². The molecule has 33 heavy (non-hydrogen) atoms. The van der Waals surface area contributed by atoms with Crippen molar-refractivity contribution in [3.8, 4) is 0 Å². The van der Waals surface area contributed by atoms with Crippen LogP contribution in [0, 0.1) is 0 Å². The van der Waals surface area contributed by atoms with Crippen LogP contribution in [0.3, 0.4) is 0 Å². The Morgan fingerprint density at radius 3 is 2.76 bits per heavy atom. The van der Waals surface area contributed by atoms with Gasteiger partial charge in [-0.05, 0) is 6.42 Å². The fourth-order valence-corrected chi connectivity index (χ4v) is 5.60. The SMILES string of the molecule is O=C1CCC(N2Cc3cc(NC(=O)c4[nH]c5ccccc5c4C[CH2][Pb])ccc3C2=O)C(=O)N1. The van der Waals surface area contributed by atoms with Gasteiger partial charge in [0.25, 0.3) is 0 Å². The number of H-pyrrole nitrogens is 1. The fraction of sp³-hybridized carbons (Fsp3) is 0.250. The van der Waals surface area contributed by atoms with Crippen LogP contribution < -0.4 is 10.6 Å². The molecular formula is C24H21N4O4Pb. The minimum Gasteiger partial charge on any atom is -0.295 e. The van der Waals surface area contributed by atoms with Gasteiger partial charge in [-0.25, -0.2) is 0 Å². The minimum absolute atomic E-state index is 0.213. The number of carbonyl (C=O) groups excluding carboxylic acids is 4. The molecule has 1 atom stereocenters. The summed E-state index contributed by atoms with van der Waals surface area (Å²) in [7, 11) is 0. The van der Waals surface area contributed by atoms with Gasteiger partial charge in [-0.1, -0.05) is 0 Å². The number of hydrogen-bond donors (Lipinski definition) is 3. The normalized spacial score (nSPS) is 17.9. The van der Waals surface area contributed by atoms with Crippen LogP contribution in [0.15, 0.2) is 42.5 Å². The first-order chi connectivity index (χ1) is 16.0. The van der Waals surface area contributed by atoms with Crippen LogP contribution in [-0.2, 0) is 22.6 Å². The van der Waals surface area contributed by atoms with E-state index in [1.54, 1.807) is 18.2 Å². The number of anilines is 1. The van der Waals surface area contributed by atoms with E-state index in [0.717, 1.165) is 58.2 Å². The van der Waals surface area contributed by atoms with E-state index in [4.69, 9.17) is 0 Å². The van der Waals surface area contributed by atoms with Crippen molar-refractivity contribution in [2.75, 3.05) is 5.32 Å². The molecule has 3 radical (unpaired) electrons. The molecule has 4 amide bonds. The van der Waals surface area contributed by atoms with E-state index in [9.17, 15) is 19.2 Å². The molecule has 3 N–H and O–H groups in total. The summed E-state index contributed by atoms with van der Waals surface area (Å²) in [4.78, 5) is 54.4. The van der Waals surface area contributed by atoms with E-state index in [1.165, 1.54) is 4.90 Å². The topological polar surface area (TPSA) is 111 Å². The molecular weight excluding hydrogens is 615 g/mol. The summed E-state index contributed by atoms with van der Waals surface area (Å²) in [6, 6.07) is 12.4. The first-order valence-corrected chi connectivity index (χ1v) is 13.5. The van der Waals surface area contributed by atoms with Gasteiger partial charge in [-0.2, -0.15) is 0 Å². The molecule has 2 aromatic carbocycles. The molecule has 1 saturated heterocycles. The number of carbonyl (C=O) groups is 4. The molecule has 1 fully saturated rings. The standard InChI is InChI=1S/C24H21N4O4.Pb/c1-2-15-17-5-3-4-6-18(17)26-21(15)23(31)25-14-7-8-16-13(11-14)12-28(24(16)32)19-9-10-20(29)27-22(19)30;/h3-8,11,19,26H,1-2,9-10,12H2,(H,25,31)(H,27,29,30);. The van der Waals surface area contributed by atoms with E-state index in [0.29, 0.717) is 23.4 Å². The number of nitrogens with one attached hydrogen (secondary N) is 3. The molecule has 0 bridgehead atoms. The van der Waals surface area contributed by atoms with Gasteiger partial charge in [0.2, 0.25) is 11.8 Å². The monoisotopic (exact) mass is 637 g/mol. The van der Waals surface area contributed by atoms with Crippen molar-refractivity contribution in [3.05, 3.63) is 64.8 Å². The number of nitrogens with zero attached hydrogens (tertiary/aromatic N) is 1. The van der Waals surface area contributed by atoms with E-state index in [1.807, 2.05) is 24.3 Å². The average Bonchev–Trinajstić information content (AvgIpc) is 3.32. The quantitative estimate of drug-likeness (QED) is 0.295. The van der Waals surface area contributed by atoms with Crippen LogP contribution in [-0.4, -0.2) is 65.3 Å². The Kier molecular flexibility index (Phi) is 5.77. The Morgan fingerprint density at radius 1 is 1.15 bits per heavy atom. The van der Waals surface area contributed by atoms with Gasteiger partial charge < -0.3 is 0 Å². The Balaban J connectivity index is 1.37. The summed E-state index contributed by atoms with van der Waals surface area (Å²) in [6.45, 7) is 0.266. The molecule has 9 heteroatoms. The number of piperidine rings is 1. The van der Waals surface area contributed by atoms with Crippen molar-refractivity contribution in [2.24, 2.45) is 0 Å². The molecule has 1 unspecified atom stereocenters. The van der Waals surface area contributed by atoms with Crippen LogP contribution >= 0.6 is 0 Å². The third-order valence-corrected chi connectivity index (χ3v) is 7.17. The Labute approximate surface area is 205 Å². The molecule has 8 nitrogen and oxygen atoms in total. The maximum atomic E-state index is 13.1. The van der Waals surface area contributed by atoms with Crippen LogP contribution in [0.2, 0.25) is 3.98 Å². The van der Waals surface area contributed by atoms with Crippen molar-refractivity contribution in [2.45, 2.75) is 35.8 Å². The van der Waals surface area contributed by atoms with Gasteiger partial charge in [-0.15, -0.1) is 0 Å². The molecule has 1 aromatic heterocycles. The van der Waals surface area contributed by atoms with Crippen molar-refractivity contribution in [1.82, 2.24) is 15.2 Å². The van der Waals surface area contributed by atoms with Crippen molar-refractivity contribution < 1.29 is 19.2 Å². The van der Waals surface area contributed by atoms with Gasteiger partial charge in [0, 0.05) is 6.42 Å². The summed E-state index contributed by atoms with van der Waals surface area (Å²) in [6.07, 6.45) is 1.38. The molecule has 3 heterocycles. The third kappa shape index (κ3) is 3.96. The molecule has 0 aliphatic carbocycles. The Morgan fingerprint density at radius 2 is 1.97 bits per heavy atom. The number of aromatic amines is 1. The molecule has 2 aliphatic rings. The first-order valence-electron chi connectivity index (χ1n) is 10.8. The summed E-state index contributed by atoms with van der Waals surface area (Å²) in [5.74, 6) is -1.21. The summed E-state index contributed by atoms with van der Waals surface area (Å²) < 4.78 is 1.05. The number of fused-ring (bicyclic) bond motifs is 2. The zero-order valence-electron chi connectivity index (χ0n) is 17.7. The summed E-state index contributed by atoms with van der Waals surface area (Å²) in [5.41, 5.74) is 4.38. The molecule has 0 spiro atoms. The zero-order chi connectivity index (χ0) is 23.1. The second-order valence-corrected chi connectivity index (χ2v) is 10.2. The molecule has 0 saturated carbocycles. The van der Waals surface area contributed by atoms with Crippen LogP contribution in [0.5, 0.6) is 0 Å². The van der Waals surface area contributed by atoms with Crippen LogP contribution in [0.25, 0.3) is 10.9 Å². The molecule has 2 aliphatic heterocycles. The molecule has 5 rings (SSSR count). The van der Waals surface area contributed by atoms with Crippen LogP contribution in [0.4, 0.5) is 5.69 Å². The van der Waals surface area contributed by atoms with E-state index < -0.39 is 11.9 Å². The predicted molar refractivity (Wildman–Crippen MR) is 123 cm³/mol. The van der Waals surface area contributed by atoms with Gasteiger partial charge in [0.15, 0.2) is 0 Å². The Hall–Kier alpha value is -3.02. The third-order valence-electron chi connectivity index (χ3n) is 6.20. The molecule has 165 valence electrons. The smallest absolute Gasteiger partial charge is 0.295 e. The first kappa shape index (κ1) is 21.8. The maximum absolute atomic E-state index is 13.1. The van der Waals surface area contributed by atoms with E-state index in [2.05, 4.69) is 15.6 Å². The van der Waals surface area contributed by atoms with Crippen LogP contribution in [0.1, 0.15) is 44.8 Å².